The van der Waals surface area contributed by atoms with Gasteiger partial charge in [-0.3, -0.25) is 14.4 Å². The fourth-order valence-corrected chi connectivity index (χ4v) is 2.01. The number of imidazole rings is 1. The highest BCUT2D eigenvalue weighted by molar-refractivity contribution is 5.84. The minimum Gasteiger partial charge on any atom is -0.481 e. The van der Waals surface area contributed by atoms with Gasteiger partial charge in [0.05, 0.1) is 18.6 Å². The molecule has 0 spiro atoms. The van der Waals surface area contributed by atoms with E-state index in [9.17, 15) is 24.5 Å². The van der Waals surface area contributed by atoms with Crippen molar-refractivity contribution >= 4 is 23.8 Å². The van der Waals surface area contributed by atoms with Crippen LogP contribution in [0, 0.1) is 10.1 Å². The molecule has 1 rings (SSSR count). The Morgan fingerprint density at radius 2 is 1.90 bits per heavy atom. The first-order chi connectivity index (χ1) is 14.1. The number of carbonyl (C=O) groups is 4. The maximum absolute atomic E-state index is 11.8. The van der Waals surface area contributed by atoms with Gasteiger partial charge in [-0.1, -0.05) is 0 Å². The van der Waals surface area contributed by atoms with Crippen molar-refractivity contribution in [1.29, 1.82) is 0 Å². The van der Waals surface area contributed by atoms with Crippen molar-refractivity contribution < 1.29 is 39.3 Å². The van der Waals surface area contributed by atoms with Gasteiger partial charge in [0.1, 0.15) is 6.04 Å². The number of nitrogens with one attached hydrogen (secondary N) is 3. The van der Waals surface area contributed by atoms with Crippen LogP contribution in [0.5, 0.6) is 0 Å². The van der Waals surface area contributed by atoms with E-state index in [0.717, 1.165) is 6.92 Å². The maximum Gasteiger partial charge on any atom is 0.326 e. The van der Waals surface area contributed by atoms with Gasteiger partial charge in [0.15, 0.2) is 0 Å². The number of carbonyl (C=O) groups excluding carboxylic acids is 2. The van der Waals surface area contributed by atoms with Crippen LogP contribution in [0.15, 0.2) is 12.5 Å². The van der Waals surface area contributed by atoms with Gasteiger partial charge in [0.25, 0.3) is 11.1 Å². The summed E-state index contributed by atoms with van der Waals surface area (Å²) >= 11 is 0. The molecule has 1 heterocycles. The molecule has 0 aliphatic carbocycles. The van der Waals surface area contributed by atoms with E-state index in [1.807, 2.05) is 0 Å². The van der Waals surface area contributed by atoms with Crippen molar-refractivity contribution in [3.8, 4) is 0 Å². The SMILES string of the molecule is CC(=O)O.O=C(CCCCO[N+](=O)[O-])NCCC(=O)NC(Cc1c[nH]cn1)C(=O)O. The fraction of sp³-hybridized carbons (Fsp3) is 0.562. The second-order valence-corrected chi connectivity index (χ2v) is 5.86. The molecule has 0 radical (unpaired) electrons. The lowest BCUT2D eigenvalue weighted by Crippen LogP contribution is -2.43. The third-order valence-electron chi connectivity index (χ3n) is 3.27. The Labute approximate surface area is 171 Å². The van der Waals surface area contributed by atoms with Crippen LogP contribution >= 0.6 is 0 Å². The summed E-state index contributed by atoms with van der Waals surface area (Å²) in [6.45, 7) is 1.07. The van der Waals surface area contributed by atoms with Crippen LogP contribution in [-0.4, -0.2) is 68.2 Å². The number of carboxylic acids is 2. The number of hydrogen-bond acceptors (Lipinski definition) is 8. The van der Waals surface area contributed by atoms with Gasteiger partial charge in [0.2, 0.25) is 11.8 Å². The van der Waals surface area contributed by atoms with Gasteiger partial charge in [0, 0.05) is 38.9 Å². The summed E-state index contributed by atoms with van der Waals surface area (Å²) in [4.78, 5) is 64.2. The van der Waals surface area contributed by atoms with Gasteiger partial charge in [-0.2, -0.15) is 0 Å². The Hall–Kier alpha value is -3.71. The zero-order valence-electron chi connectivity index (χ0n) is 16.3. The van der Waals surface area contributed by atoms with Crippen molar-refractivity contribution in [2.45, 2.75) is 45.1 Å². The van der Waals surface area contributed by atoms with Crippen LogP contribution in [0.2, 0.25) is 0 Å². The number of aliphatic carboxylic acids is 2. The quantitative estimate of drug-likeness (QED) is 0.153. The molecule has 30 heavy (non-hydrogen) atoms. The lowest BCUT2D eigenvalue weighted by molar-refractivity contribution is -0.757. The molecular formula is C16H25N5O9. The van der Waals surface area contributed by atoms with Gasteiger partial charge in [-0.05, 0) is 12.8 Å². The van der Waals surface area contributed by atoms with Crippen LogP contribution in [0.25, 0.3) is 0 Å². The number of hydrogen-bond donors (Lipinski definition) is 5. The predicted molar refractivity (Wildman–Crippen MR) is 99.6 cm³/mol. The molecule has 0 saturated carbocycles. The van der Waals surface area contributed by atoms with E-state index in [0.29, 0.717) is 18.5 Å². The molecule has 0 fully saturated rings. The van der Waals surface area contributed by atoms with E-state index in [2.05, 4.69) is 25.4 Å². The van der Waals surface area contributed by atoms with E-state index < -0.39 is 29.0 Å². The number of amides is 2. The zero-order chi connectivity index (χ0) is 22.9. The average Bonchev–Trinajstić information content (AvgIpc) is 3.13. The van der Waals surface area contributed by atoms with Crippen molar-refractivity contribution in [2.24, 2.45) is 0 Å². The molecule has 1 aromatic heterocycles. The number of aromatic amines is 1. The minimum absolute atomic E-state index is 0.0448. The Bertz CT molecular complexity index is 689. The zero-order valence-corrected chi connectivity index (χ0v) is 16.3. The fourth-order valence-electron chi connectivity index (χ4n) is 2.01. The molecule has 0 saturated heterocycles. The maximum atomic E-state index is 11.8. The van der Waals surface area contributed by atoms with E-state index in [4.69, 9.17) is 15.0 Å². The van der Waals surface area contributed by atoms with Gasteiger partial charge in [-0.15, -0.1) is 10.1 Å². The molecule has 1 atom stereocenters. The number of unbranched alkanes of at least 4 members (excludes halogenated alkanes) is 1. The highest BCUT2D eigenvalue weighted by Gasteiger charge is 2.21. The van der Waals surface area contributed by atoms with Crippen molar-refractivity contribution in [3.63, 3.8) is 0 Å². The normalized spacial score (nSPS) is 10.7. The van der Waals surface area contributed by atoms with Crippen LogP contribution in [0.1, 0.15) is 38.3 Å². The number of rotatable bonds is 13. The summed E-state index contributed by atoms with van der Waals surface area (Å²) < 4.78 is 0. The largest absolute Gasteiger partial charge is 0.481 e. The number of aromatic nitrogens is 2. The molecule has 1 unspecified atom stereocenters. The van der Waals surface area contributed by atoms with Crippen LogP contribution in [-0.2, 0) is 30.4 Å². The van der Waals surface area contributed by atoms with Crippen LogP contribution in [0.3, 0.4) is 0 Å². The molecule has 168 valence electrons. The van der Waals surface area contributed by atoms with Crippen LogP contribution < -0.4 is 10.6 Å². The predicted octanol–water partition coefficient (Wildman–Crippen LogP) is -0.503. The average molecular weight is 431 g/mol. The van der Waals surface area contributed by atoms with E-state index in [1.54, 1.807) is 6.20 Å². The summed E-state index contributed by atoms with van der Waals surface area (Å²) in [5, 5.41) is 30.5. The summed E-state index contributed by atoms with van der Waals surface area (Å²) in [6.07, 6.45) is 3.86. The third kappa shape index (κ3) is 15.4. The second-order valence-electron chi connectivity index (χ2n) is 5.86. The number of nitrogens with zero attached hydrogens (tertiary/aromatic N) is 2. The first-order valence-corrected chi connectivity index (χ1v) is 8.85. The molecule has 0 aliphatic rings. The van der Waals surface area contributed by atoms with E-state index in [1.165, 1.54) is 6.33 Å². The number of H-pyrrole nitrogens is 1. The molecule has 1 aromatic rings. The minimum atomic E-state index is -1.18. The second kappa shape index (κ2) is 15.2. The van der Waals surface area contributed by atoms with Gasteiger partial charge < -0.3 is 30.7 Å². The molecular weight excluding hydrogens is 406 g/mol. The van der Waals surface area contributed by atoms with Crippen LogP contribution in [0.4, 0.5) is 0 Å². The van der Waals surface area contributed by atoms with E-state index in [-0.39, 0.29) is 38.3 Å². The Balaban J connectivity index is 0.00000192. The molecule has 0 bridgehead atoms. The Morgan fingerprint density at radius 1 is 1.23 bits per heavy atom. The molecule has 14 heteroatoms. The third-order valence-corrected chi connectivity index (χ3v) is 3.27. The highest BCUT2D eigenvalue weighted by atomic mass is 16.9. The molecule has 0 aliphatic heterocycles. The topological polar surface area (TPSA) is 214 Å². The molecule has 14 nitrogen and oxygen atoms in total. The Kier molecular flexibility index (Phi) is 13.4. The lowest BCUT2D eigenvalue weighted by atomic mass is 10.1. The summed E-state index contributed by atoms with van der Waals surface area (Å²) in [5.41, 5.74) is 0.507. The highest BCUT2D eigenvalue weighted by Crippen LogP contribution is 2.00. The van der Waals surface area contributed by atoms with Gasteiger partial charge in [-0.25, -0.2) is 9.78 Å². The monoisotopic (exact) mass is 431 g/mol. The smallest absolute Gasteiger partial charge is 0.326 e. The van der Waals surface area contributed by atoms with E-state index >= 15 is 0 Å². The summed E-state index contributed by atoms with van der Waals surface area (Å²) in [6, 6.07) is -1.11. The van der Waals surface area contributed by atoms with Crippen molar-refractivity contribution in [1.82, 2.24) is 20.6 Å². The Morgan fingerprint density at radius 3 is 2.43 bits per heavy atom. The first kappa shape index (κ1) is 26.3. The molecule has 2 amide bonds. The first-order valence-electron chi connectivity index (χ1n) is 8.85. The number of carboxylic acid groups (broad SMARTS) is 2. The molecule has 5 N–H and O–H groups in total. The lowest BCUT2D eigenvalue weighted by Gasteiger charge is -2.13. The summed E-state index contributed by atoms with van der Waals surface area (Å²) in [5.74, 6) is -2.82. The van der Waals surface area contributed by atoms with Crippen molar-refractivity contribution in [2.75, 3.05) is 13.2 Å². The molecule has 0 aromatic carbocycles. The van der Waals surface area contributed by atoms with Gasteiger partial charge >= 0.3 is 5.97 Å². The van der Waals surface area contributed by atoms with Crippen molar-refractivity contribution in [3.05, 3.63) is 28.3 Å². The standard InChI is InChI=1S/C14H21N5O7.C2H4O2/c20-12(3-1-2-6-26-19(24)25)16-5-4-13(21)18-11(14(22)23)7-10-8-15-9-17-10;1-2(3)4/h8-9,11H,1-7H2,(H,15,17)(H,16,20)(H,18,21)(H,22,23);1H3,(H,3,4). The summed E-state index contributed by atoms with van der Waals surface area (Å²) in [7, 11) is 0.